The van der Waals surface area contributed by atoms with E-state index in [0.717, 1.165) is 0 Å². The Hall–Kier alpha value is -0.890. The number of epoxide rings is 1. The molecule has 0 spiro atoms. The van der Waals surface area contributed by atoms with Gasteiger partial charge in [0.05, 0.1) is 6.10 Å². The molecule has 0 aromatic rings. The molecule has 0 aromatic heterocycles. The van der Waals surface area contributed by atoms with Gasteiger partial charge in [0.25, 0.3) is 0 Å². The van der Waals surface area contributed by atoms with E-state index < -0.39 is 23.4 Å². The summed E-state index contributed by atoms with van der Waals surface area (Å²) < 4.78 is 5.01. The van der Waals surface area contributed by atoms with E-state index in [-0.39, 0.29) is 0 Å². The fourth-order valence-corrected chi connectivity index (χ4v) is 1.55. The first-order chi connectivity index (χ1) is 5.55. The van der Waals surface area contributed by atoms with Gasteiger partial charge < -0.3 is 14.9 Å². The van der Waals surface area contributed by atoms with Crippen LogP contribution in [0.1, 0.15) is 6.92 Å². The zero-order chi connectivity index (χ0) is 8.98. The predicted molar refractivity (Wildman–Crippen MR) is 39.0 cm³/mol. The summed E-state index contributed by atoms with van der Waals surface area (Å²) in [5.74, 6) is 0. The summed E-state index contributed by atoms with van der Waals surface area (Å²) in [7, 11) is 0. The number of nitriles is 1. The Morgan fingerprint density at radius 2 is 2.33 bits per heavy atom. The van der Waals surface area contributed by atoms with Crippen molar-refractivity contribution in [3.63, 3.8) is 0 Å². The molecule has 2 aliphatic rings. The largest absolute Gasteiger partial charge is 0.390 e. The van der Waals surface area contributed by atoms with Crippen molar-refractivity contribution >= 4 is 0 Å². The Bertz CT molecular complexity index is 293. The average Bonchev–Trinajstić information content (AvgIpc) is 2.70. The summed E-state index contributed by atoms with van der Waals surface area (Å²) in [5.41, 5.74) is -2.35. The first-order valence-electron chi connectivity index (χ1n) is 3.75. The third-order valence-electron chi connectivity index (χ3n) is 2.51. The van der Waals surface area contributed by atoms with Gasteiger partial charge >= 0.3 is 0 Å². The van der Waals surface area contributed by atoms with Crippen LogP contribution < -0.4 is 0 Å². The van der Waals surface area contributed by atoms with Crippen LogP contribution in [0.25, 0.3) is 0 Å². The van der Waals surface area contributed by atoms with Crippen LogP contribution in [0.3, 0.4) is 0 Å². The van der Waals surface area contributed by atoms with Crippen LogP contribution >= 0.6 is 0 Å². The summed E-state index contributed by atoms with van der Waals surface area (Å²) in [6.45, 7) is 1.47. The number of nitrogens with zero attached hydrogens (tertiary/aromatic N) is 1. The molecule has 1 heterocycles. The van der Waals surface area contributed by atoms with Gasteiger partial charge in [-0.25, -0.2) is 0 Å². The van der Waals surface area contributed by atoms with Gasteiger partial charge in [-0.3, -0.25) is 0 Å². The quantitative estimate of drug-likeness (QED) is 0.401. The lowest BCUT2D eigenvalue weighted by atomic mass is 9.94. The Morgan fingerprint density at radius 1 is 1.67 bits per heavy atom. The summed E-state index contributed by atoms with van der Waals surface area (Å²) in [6.07, 6.45) is 1.44. The van der Waals surface area contributed by atoms with Crippen LogP contribution in [0.2, 0.25) is 0 Å². The smallest absolute Gasteiger partial charge is 0.202 e. The third kappa shape index (κ3) is 0.661. The maximum Gasteiger partial charge on any atom is 0.202 e. The molecule has 4 heteroatoms. The van der Waals surface area contributed by atoms with E-state index in [1.54, 1.807) is 0 Å². The second kappa shape index (κ2) is 1.88. The minimum absolute atomic E-state index is 0.588. The number of ether oxygens (including phenoxy) is 1. The van der Waals surface area contributed by atoms with Gasteiger partial charge in [-0.15, -0.1) is 0 Å². The van der Waals surface area contributed by atoms with Crippen molar-refractivity contribution in [3.05, 3.63) is 12.2 Å². The number of hydrogen-bond donors (Lipinski definition) is 2. The highest BCUT2D eigenvalue weighted by molar-refractivity contribution is 5.42. The zero-order valence-electron chi connectivity index (χ0n) is 6.56. The van der Waals surface area contributed by atoms with Crippen molar-refractivity contribution < 1.29 is 14.9 Å². The third-order valence-corrected chi connectivity index (χ3v) is 2.51. The predicted octanol–water partition coefficient (Wildman–Crippen LogP) is -0.671. The van der Waals surface area contributed by atoms with E-state index in [0.29, 0.717) is 0 Å². The van der Waals surface area contributed by atoms with Crippen LogP contribution in [0.5, 0.6) is 0 Å². The number of aliphatic hydroxyl groups is 2. The molecule has 12 heavy (non-hydrogen) atoms. The molecular weight excluding hydrogens is 158 g/mol. The molecule has 1 aliphatic heterocycles. The molecule has 3 unspecified atom stereocenters. The number of fused-ring (bicyclic) bond motifs is 1. The van der Waals surface area contributed by atoms with Crippen LogP contribution in [0.4, 0.5) is 0 Å². The molecule has 0 aromatic carbocycles. The Labute approximate surface area is 69.7 Å². The van der Waals surface area contributed by atoms with E-state index >= 15 is 0 Å². The van der Waals surface area contributed by atoms with E-state index in [1.807, 2.05) is 6.07 Å². The van der Waals surface area contributed by atoms with Gasteiger partial charge in [-0.2, -0.15) is 5.26 Å². The Kier molecular flexibility index (Phi) is 1.21. The molecule has 1 aliphatic carbocycles. The molecule has 2 N–H and O–H groups in total. The minimum atomic E-state index is -1.38. The van der Waals surface area contributed by atoms with Crippen LogP contribution in [0, 0.1) is 11.3 Å². The van der Waals surface area contributed by atoms with E-state index in [9.17, 15) is 10.2 Å². The van der Waals surface area contributed by atoms with Crippen molar-refractivity contribution in [3.8, 4) is 6.07 Å². The lowest BCUT2D eigenvalue weighted by molar-refractivity contribution is -0.0459. The summed E-state index contributed by atoms with van der Waals surface area (Å²) in [5, 5.41) is 27.7. The van der Waals surface area contributed by atoms with Gasteiger partial charge in [-0.1, -0.05) is 0 Å². The highest BCUT2D eigenvalue weighted by Gasteiger charge is 2.70. The Balaban J connectivity index is 2.29. The van der Waals surface area contributed by atoms with Crippen LogP contribution in [-0.2, 0) is 4.74 Å². The fraction of sp³-hybridized carbons (Fsp3) is 0.625. The van der Waals surface area contributed by atoms with E-state index in [4.69, 9.17) is 10.00 Å². The van der Waals surface area contributed by atoms with Gasteiger partial charge in [0.15, 0.2) is 0 Å². The molecular formula is C8H9NO3. The van der Waals surface area contributed by atoms with Crippen LogP contribution in [-0.4, -0.2) is 33.6 Å². The summed E-state index contributed by atoms with van der Waals surface area (Å²) in [4.78, 5) is 0. The van der Waals surface area contributed by atoms with E-state index in [1.165, 1.54) is 19.1 Å². The average molecular weight is 167 g/mol. The van der Waals surface area contributed by atoms with Gasteiger partial charge in [-0.05, 0) is 19.1 Å². The molecule has 0 radical (unpaired) electrons. The van der Waals surface area contributed by atoms with Crippen molar-refractivity contribution in [1.29, 1.82) is 5.26 Å². The fourth-order valence-electron chi connectivity index (χ4n) is 1.55. The molecule has 0 saturated carbocycles. The highest BCUT2D eigenvalue weighted by atomic mass is 16.6. The minimum Gasteiger partial charge on any atom is -0.390 e. The zero-order valence-corrected chi connectivity index (χ0v) is 6.56. The molecule has 2 rings (SSSR count). The van der Waals surface area contributed by atoms with E-state index in [2.05, 4.69) is 0 Å². The molecule has 64 valence electrons. The Morgan fingerprint density at radius 3 is 2.58 bits per heavy atom. The first-order valence-corrected chi connectivity index (χ1v) is 3.75. The molecule has 4 nitrogen and oxygen atoms in total. The lowest BCUT2D eigenvalue weighted by Gasteiger charge is -2.23. The van der Waals surface area contributed by atoms with Gasteiger partial charge in [0.1, 0.15) is 17.8 Å². The second-order valence-corrected chi connectivity index (χ2v) is 3.30. The molecule has 1 saturated heterocycles. The SMILES string of the molecule is CC(O)C1(O)C=C[C@@]2(C#N)OC12. The monoisotopic (exact) mass is 167 g/mol. The lowest BCUT2D eigenvalue weighted by Crippen LogP contribution is -2.43. The number of aliphatic hydroxyl groups excluding tert-OH is 1. The van der Waals surface area contributed by atoms with Crippen LogP contribution in [0.15, 0.2) is 12.2 Å². The summed E-state index contributed by atoms with van der Waals surface area (Å²) in [6, 6.07) is 1.94. The summed E-state index contributed by atoms with van der Waals surface area (Å²) >= 11 is 0. The standard InChI is InChI=1S/C8H9NO3/c1-5(10)8(11)3-2-7(4-9)6(8)12-7/h2-3,5-6,10-11H,1H3/t5?,6?,7-,8?/m0/s1. The van der Waals surface area contributed by atoms with Gasteiger partial charge in [0.2, 0.25) is 5.60 Å². The van der Waals surface area contributed by atoms with Crippen molar-refractivity contribution in [1.82, 2.24) is 0 Å². The topological polar surface area (TPSA) is 76.8 Å². The maximum absolute atomic E-state index is 9.76. The molecule has 0 bridgehead atoms. The van der Waals surface area contributed by atoms with Gasteiger partial charge in [0, 0.05) is 0 Å². The van der Waals surface area contributed by atoms with Crippen molar-refractivity contribution in [2.75, 3.05) is 0 Å². The van der Waals surface area contributed by atoms with Crippen molar-refractivity contribution in [2.24, 2.45) is 0 Å². The maximum atomic E-state index is 9.76. The highest BCUT2D eigenvalue weighted by Crippen LogP contribution is 2.51. The molecule has 1 fully saturated rings. The number of rotatable bonds is 1. The second-order valence-electron chi connectivity index (χ2n) is 3.30. The first kappa shape index (κ1) is 7.74. The normalized spacial score (nSPS) is 51.3. The van der Waals surface area contributed by atoms with Crippen molar-refractivity contribution in [2.45, 2.75) is 30.3 Å². The molecule has 0 amide bonds. The molecule has 4 atom stereocenters. The number of hydrogen-bond acceptors (Lipinski definition) is 4.